The summed E-state index contributed by atoms with van der Waals surface area (Å²) < 4.78 is 9.81. The summed E-state index contributed by atoms with van der Waals surface area (Å²) in [6.45, 7) is 5.37. The second kappa shape index (κ2) is 5.52. The molecule has 0 fully saturated rings. The van der Waals surface area contributed by atoms with Crippen LogP contribution in [0.5, 0.6) is 0 Å². The number of ether oxygens (including phenoxy) is 1. The zero-order valence-corrected chi connectivity index (χ0v) is 10.6. The van der Waals surface area contributed by atoms with Gasteiger partial charge in [-0.1, -0.05) is 6.92 Å². The summed E-state index contributed by atoms with van der Waals surface area (Å²) in [5.41, 5.74) is 4.35. The van der Waals surface area contributed by atoms with E-state index >= 15 is 0 Å². The van der Waals surface area contributed by atoms with Crippen LogP contribution in [0.4, 0.5) is 6.01 Å². The minimum atomic E-state index is -0.975. The van der Waals surface area contributed by atoms with E-state index < -0.39 is 17.4 Å². The predicted octanol–water partition coefficient (Wildman–Crippen LogP) is 0.917. The Morgan fingerprint density at radius 3 is 2.72 bits per heavy atom. The van der Waals surface area contributed by atoms with Crippen LogP contribution in [0.2, 0.25) is 0 Å². The molecule has 1 rings (SSSR count). The molecule has 0 aromatic carbocycles. The summed E-state index contributed by atoms with van der Waals surface area (Å²) >= 11 is 0. The first-order valence-corrected chi connectivity index (χ1v) is 5.63. The fourth-order valence-corrected chi connectivity index (χ4v) is 1.19. The maximum atomic E-state index is 11.4. The van der Waals surface area contributed by atoms with Crippen LogP contribution in [0.25, 0.3) is 0 Å². The van der Waals surface area contributed by atoms with Gasteiger partial charge in [0.25, 0.3) is 6.01 Å². The number of amides is 1. The van der Waals surface area contributed by atoms with E-state index in [0.29, 0.717) is 6.42 Å². The SMILES string of the molecule is CCOC(=O)c1coc(NC(C)(CC)C(N)=O)n1. The average molecular weight is 255 g/mol. The number of esters is 1. The van der Waals surface area contributed by atoms with Crippen molar-refractivity contribution in [3.05, 3.63) is 12.0 Å². The summed E-state index contributed by atoms with van der Waals surface area (Å²) in [7, 11) is 0. The van der Waals surface area contributed by atoms with Gasteiger partial charge in [-0.15, -0.1) is 0 Å². The van der Waals surface area contributed by atoms with Crippen LogP contribution in [-0.4, -0.2) is 29.0 Å². The molecule has 1 heterocycles. The Morgan fingerprint density at radius 1 is 1.56 bits per heavy atom. The largest absolute Gasteiger partial charge is 0.461 e. The third-order valence-corrected chi connectivity index (χ3v) is 2.62. The topological polar surface area (TPSA) is 107 Å². The van der Waals surface area contributed by atoms with Crippen molar-refractivity contribution >= 4 is 17.9 Å². The number of nitrogens with zero attached hydrogens (tertiary/aromatic N) is 1. The summed E-state index contributed by atoms with van der Waals surface area (Å²) in [5.74, 6) is -1.10. The lowest BCUT2D eigenvalue weighted by Gasteiger charge is -2.24. The maximum Gasteiger partial charge on any atom is 0.360 e. The third kappa shape index (κ3) is 2.99. The van der Waals surface area contributed by atoms with E-state index in [-0.39, 0.29) is 18.3 Å². The van der Waals surface area contributed by atoms with Crippen molar-refractivity contribution in [2.45, 2.75) is 32.7 Å². The normalized spacial score (nSPS) is 13.7. The molecule has 0 aliphatic rings. The number of anilines is 1. The second-order valence-corrected chi connectivity index (χ2v) is 3.93. The van der Waals surface area contributed by atoms with Crippen LogP contribution >= 0.6 is 0 Å². The second-order valence-electron chi connectivity index (χ2n) is 3.93. The van der Waals surface area contributed by atoms with Crippen molar-refractivity contribution in [3.8, 4) is 0 Å². The van der Waals surface area contributed by atoms with Gasteiger partial charge in [0.15, 0.2) is 5.69 Å². The highest BCUT2D eigenvalue weighted by Crippen LogP contribution is 2.18. The van der Waals surface area contributed by atoms with Crippen LogP contribution < -0.4 is 11.1 Å². The molecule has 1 aromatic heterocycles. The van der Waals surface area contributed by atoms with Gasteiger partial charge in [0.1, 0.15) is 11.8 Å². The Hall–Kier alpha value is -2.05. The van der Waals surface area contributed by atoms with Gasteiger partial charge < -0.3 is 20.2 Å². The molecule has 1 amide bonds. The molecule has 100 valence electrons. The summed E-state index contributed by atoms with van der Waals surface area (Å²) in [6, 6.07) is 0.0567. The van der Waals surface area contributed by atoms with E-state index in [0.717, 1.165) is 6.26 Å². The molecule has 3 N–H and O–H groups in total. The van der Waals surface area contributed by atoms with Crippen molar-refractivity contribution in [3.63, 3.8) is 0 Å². The number of primary amides is 1. The number of rotatable bonds is 6. The van der Waals surface area contributed by atoms with Gasteiger partial charge in [-0.3, -0.25) is 4.79 Å². The van der Waals surface area contributed by atoms with Gasteiger partial charge >= 0.3 is 5.97 Å². The minimum Gasteiger partial charge on any atom is -0.461 e. The lowest BCUT2D eigenvalue weighted by molar-refractivity contribution is -0.121. The molecule has 0 aliphatic heterocycles. The molecule has 7 nitrogen and oxygen atoms in total. The van der Waals surface area contributed by atoms with Gasteiger partial charge in [0.05, 0.1) is 6.61 Å². The van der Waals surface area contributed by atoms with Crippen molar-refractivity contribution in [2.24, 2.45) is 5.73 Å². The Bertz CT molecular complexity index is 443. The van der Waals surface area contributed by atoms with Gasteiger partial charge in [-0.2, -0.15) is 4.98 Å². The molecule has 1 atom stereocenters. The molecule has 1 aromatic rings. The van der Waals surface area contributed by atoms with Crippen LogP contribution in [-0.2, 0) is 9.53 Å². The molecule has 1 unspecified atom stereocenters. The maximum absolute atomic E-state index is 11.4. The van der Waals surface area contributed by atoms with Crippen LogP contribution in [0.1, 0.15) is 37.7 Å². The van der Waals surface area contributed by atoms with Crippen molar-refractivity contribution in [1.82, 2.24) is 4.98 Å². The van der Waals surface area contributed by atoms with Gasteiger partial charge in [-0.05, 0) is 20.3 Å². The molecular weight excluding hydrogens is 238 g/mol. The Kier molecular flexibility index (Phi) is 4.30. The number of carbonyl (C=O) groups is 2. The smallest absolute Gasteiger partial charge is 0.360 e. The Balaban J connectivity index is 2.81. The van der Waals surface area contributed by atoms with Gasteiger partial charge in [-0.25, -0.2) is 4.79 Å². The lowest BCUT2D eigenvalue weighted by Crippen LogP contribution is -2.47. The minimum absolute atomic E-state index is 0.0438. The first kappa shape index (κ1) is 14.0. The van der Waals surface area contributed by atoms with Crippen LogP contribution in [0.15, 0.2) is 10.7 Å². The highest BCUT2D eigenvalue weighted by Gasteiger charge is 2.30. The summed E-state index contributed by atoms with van der Waals surface area (Å²) in [4.78, 5) is 26.5. The monoisotopic (exact) mass is 255 g/mol. The average Bonchev–Trinajstić information content (AvgIpc) is 2.77. The molecule has 18 heavy (non-hydrogen) atoms. The lowest BCUT2D eigenvalue weighted by atomic mass is 9.99. The van der Waals surface area contributed by atoms with E-state index in [1.807, 2.05) is 0 Å². The van der Waals surface area contributed by atoms with Crippen molar-refractivity contribution < 1.29 is 18.7 Å². The quantitative estimate of drug-likeness (QED) is 0.732. The molecule has 0 radical (unpaired) electrons. The van der Waals surface area contributed by atoms with E-state index in [2.05, 4.69) is 10.3 Å². The standard InChI is InChI=1S/C11H17N3O4/c1-4-11(3,9(12)16)14-10-13-7(6-18-10)8(15)17-5-2/h6H,4-5H2,1-3H3,(H2,12,16)(H,13,14). The highest BCUT2D eigenvalue weighted by atomic mass is 16.5. The van der Waals surface area contributed by atoms with Gasteiger partial charge in [0.2, 0.25) is 5.91 Å². The van der Waals surface area contributed by atoms with Crippen molar-refractivity contribution in [1.29, 1.82) is 0 Å². The Morgan fingerprint density at radius 2 is 2.22 bits per heavy atom. The zero-order valence-electron chi connectivity index (χ0n) is 10.6. The van der Waals surface area contributed by atoms with E-state index in [4.69, 9.17) is 14.9 Å². The number of nitrogens with one attached hydrogen (secondary N) is 1. The predicted molar refractivity (Wildman–Crippen MR) is 64.0 cm³/mol. The first-order chi connectivity index (χ1) is 8.42. The third-order valence-electron chi connectivity index (χ3n) is 2.62. The molecular formula is C11H17N3O4. The molecule has 0 spiro atoms. The molecule has 0 saturated heterocycles. The molecule has 0 aliphatic carbocycles. The highest BCUT2D eigenvalue weighted by molar-refractivity contribution is 5.88. The zero-order chi connectivity index (χ0) is 13.8. The summed E-state index contributed by atoms with van der Waals surface area (Å²) in [5, 5.41) is 2.76. The Labute approximate surface area is 105 Å². The number of aromatic nitrogens is 1. The van der Waals surface area contributed by atoms with Crippen LogP contribution in [0, 0.1) is 0 Å². The molecule has 0 saturated carbocycles. The van der Waals surface area contributed by atoms with E-state index in [1.165, 1.54) is 0 Å². The van der Waals surface area contributed by atoms with Crippen molar-refractivity contribution in [2.75, 3.05) is 11.9 Å². The van der Waals surface area contributed by atoms with Gasteiger partial charge in [0, 0.05) is 0 Å². The fourth-order valence-electron chi connectivity index (χ4n) is 1.19. The molecule has 7 heteroatoms. The number of carbonyl (C=O) groups excluding carboxylic acids is 2. The van der Waals surface area contributed by atoms with E-state index in [9.17, 15) is 9.59 Å². The number of nitrogens with two attached hydrogens (primary N) is 1. The molecule has 0 bridgehead atoms. The number of hydrogen-bond donors (Lipinski definition) is 2. The number of hydrogen-bond acceptors (Lipinski definition) is 6. The first-order valence-electron chi connectivity index (χ1n) is 5.63. The van der Waals surface area contributed by atoms with Crippen LogP contribution in [0.3, 0.4) is 0 Å². The summed E-state index contributed by atoms with van der Waals surface area (Å²) in [6.07, 6.45) is 1.62. The number of oxazole rings is 1. The fraction of sp³-hybridized carbons (Fsp3) is 0.545. The van der Waals surface area contributed by atoms with E-state index in [1.54, 1.807) is 20.8 Å².